The highest BCUT2D eigenvalue weighted by molar-refractivity contribution is 4.46. The van der Waals surface area contributed by atoms with E-state index in [2.05, 4.69) is 13.8 Å². The van der Waals surface area contributed by atoms with Gasteiger partial charge < -0.3 is 42.6 Å². The van der Waals surface area contributed by atoms with E-state index in [1.807, 2.05) is 13.8 Å². The van der Waals surface area contributed by atoms with Crippen LogP contribution in [0.25, 0.3) is 0 Å². The van der Waals surface area contributed by atoms with Crippen LogP contribution in [-0.2, 0) is 42.6 Å². The second-order valence-electron chi connectivity index (χ2n) is 7.79. The molecule has 0 aromatic rings. The lowest BCUT2D eigenvalue weighted by molar-refractivity contribution is -0.0272. The molecule has 33 heavy (non-hydrogen) atoms. The Bertz CT molecular complexity index is 359. The molecule has 200 valence electrons. The summed E-state index contributed by atoms with van der Waals surface area (Å²) in [7, 11) is 0. The van der Waals surface area contributed by atoms with Crippen LogP contribution in [0.15, 0.2) is 0 Å². The minimum Gasteiger partial charge on any atom is -0.379 e. The van der Waals surface area contributed by atoms with Crippen molar-refractivity contribution in [3.63, 3.8) is 0 Å². The van der Waals surface area contributed by atoms with Gasteiger partial charge in [0, 0.05) is 6.61 Å². The Labute approximate surface area is 201 Å². The van der Waals surface area contributed by atoms with E-state index in [4.69, 9.17) is 42.6 Å². The SMILES string of the molecule is CCC(C)COCCOCCOCCOCCOCCOCCOCCOCCOC(C)C. The Morgan fingerprint density at radius 3 is 0.939 bits per heavy atom. The molecule has 0 aliphatic rings. The highest BCUT2D eigenvalue weighted by atomic mass is 16.6. The van der Waals surface area contributed by atoms with Crippen molar-refractivity contribution in [2.75, 3.05) is 112 Å². The summed E-state index contributed by atoms with van der Waals surface area (Å²) in [5, 5.41) is 0. The van der Waals surface area contributed by atoms with Crippen molar-refractivity contribution in [3.8, 4) is 0 Å². The van der Waals surface area contributed by atoms with Crippen molar-refractivity contribution in [2.24, 2.45) is 5.92 Å². The Kier molecular flexibility index (Phi) is 27.6. The Morgan fingerprint density at radius 2 is 0.667 bits per heavy atom. The maximum atomic E-state index is 5.52. The second-order valence-corrected chi connectivity index (χ2v) is 7.79. The van der Waals surface area contributed by atoms with Crippen molar-refractivity contribution < 1.29 is 42.6 Å². The molecular weight excluding hydrogens is 432 g/mol. The third kappa shape index (κ3) is 29.6. The Hall–Kier alpha value is -0.360. The minimum absolute atomic E-state index is 0.240. The molecule has 1 unspecified atom stereocenters. The zero-order valence-electron chi connectivity index (χ0n) is 21.6. The standard InChI is InChI=1S/C24H50O9/c1-5-24(4)22-32-19-18-30-15-14-28-11-10-26-7-6-25-8-9-27-12-13-29-16-17-31-20-21-33-23(2)3/h23-24H,5-22H2,1-4H3. The van der Waals surface area contributed by atoms with Gasteiger partial charge in [0.2, 0.25) is 0 Å². The monoisotopic (exact) mass is 482 g/mol. The topological polar surface area (TPSA) is 83.1 Å². The maximum Gasteiger partial charge on any atom is 0.0703 e. The van der Waals surface area contributed by atoms with Gasteiger partial charge in [0.05, 0.1) is 112 Å². The zero-order chi connectivity index (χ0) is 24.2. The summed E-state index contributed by atoms with van der Waals surface area (Å²) < 4.78 is 49.0. The van der Waals surface area contributed by atoms with E-state index in [1.54, 1.807) is 0 Å². The summed E-state index contributed by atoms with van der Waals surface area (Å²) in [6.45, 7) is 18.2. The van der Waals surface area contributed by atoms with Crippen molar-refractivity contribution in [1.82, 2.24) is 0 Å². The van der Waals surface area contributed by atoms with Crippen LogP contribution < -0.4 is 0 Å². The molecular formula is C24H50O9. The van der Waals surface area contributed by atoms with E-state index in [0.29, 0.717) is 112 Å². The average molecular weight is 483 g/mol. The van der Waals surface area contributed by atoms with E-state index in [9.17, 15) is 0 Å². The van der Waals surface area contributed by atoms with E-state index >= 15 is 0 Å². The van der Waals surface area contributed by atoms with E-state index < -0.39 is 0 Å². The van der Waals surface area contributed by atoms with Crippen LogP contribution in [0.1, 0.15) is 34.1 Å². The molecule has 0 aliphatic heterocycles. The molecule has 1 atom stereocenters. The first-order valence-electron chi connectivity index (χ1n) is 12.4. The van der Waals surface area contributed by atoms with Gasteiger partial charge >= 0.3 is 0 Å². The van der Waals surface area contributed by atoms with Gasteiger partial charge in [-0.05, 0) is 19.8 Å². The van der Waals surface area contributed by atoms with Crippen LogP contribution in [-0.4, -0.2) is 118 Å². The lowest BCUT2D eigenvalue weighted by Gasteiger charge is -2.10. The van der Waals surface area contributed by atoms with Crippen LogP contribution >= 0.6 is 0 Å². The molecule has 0 aromatic heterocycles. The van der Waals surface area contributed by atoms with E-state index in [0.717, 1.165) is 13.0 Å². The molecule has 0 heterocycles. The Balaban J connectivity index is 3.03. The third-order valence-electron chi connectivity index (χ3n) is 4.38. The first kappa shape index (κ1) is 32.6. The lowest BCUT2D eigenvalue weighted by atomic mass is 10.1. The van der Waals surface area contributed by atoms with E-state index in [-0.39, 0.29) is 6.10 Å². The number of rotatable bonds is 28. The van der Waals surface area contributed by atoms with Crippen molar-refractivity contribution >= 4 is 0 Å². The van der Waals surface area contributed by atoms with Crippen LogP contribution in [0.5, 0.6) is 0 Å². The molecule has 0 aromatic carbocycles. The molecule has 0 amide bonds. The van der Waals surface area contributed by atoms with Gasteiger partial charge in [-0.15, -0.1) is 0 Å². The molecule has 0 rings (SSSR count). The summed E-state index contributed by atoms with van der Waals surface area (Å²) >= 11 is 0. The van der Waals surface area contributed by atoms with Crippen LogP contribution in [0.3, 0.4) is 0 Å². The summed E-state index contributed by atoms with van der Waals surface area (Å²) in [6, 6.07) is 0. The largest absolute Gasteiger partial charge is 0.379 e. The van der Waals surface area contributed by atoms with Crippen molar-refractivity contribution in [2.45, 2.75) is 40.2 Å². The predicted molar refractivity (Wildman–Crippen MR) is 127 cm³/mol. The average Bonchev–Trinajstić information content (AvgIpc) is 2.80. The van der Waals surface area contributed by atoms with Gasteiger partial charge in [0.1, 0.15) is 0 Å². The molecule has 0 N–H and O–H groups in total. The third-order valence-corrected chi connectivity index (χ3v) is 4.38. The van der Waals surface area contributed by atoms with Gasteiger partial charge in [0.25, 0.3) is 0 Å². The van der Waals surface area contributed by atoms with Crippen molar-refractivity contribution in [1.29, 1.82) is 0 Å². The minimum atomic E-state index is 0.240. The highest BCUT2D eigenvalue weighted by Crippen LogP contribution is 1.99. The predicted octanol–water partition coefficient (Wildman–Crippen LogP) is 2.59. The normalized spacial score (nSPS) is 12.6. The van der Waals surface area contributed by atoms with Gasteiger partial charge in [-0.3, -0.25) is 0 Å². The number of ether oxygens (including phenoxy) is 9. The quantitative estimate of drug-likeness (QED) is 0.156. The maximum absolute atomic E-state index is 5.52. The van der Waals surface area contributed by atoms with Gasteiger partial charge in [0.15, 0.2) is 0 Å². The van der Waals surface area contributed by atoms with Gasteiger partial charge in [-0.2, -0.15) is 0 Å². The molecule has 9 heteroatoms. The number of hydrogen-bond acceptors (Lipinski definition) is 9. The first-order valence-corrected chi connectivity index (χ1v) is 12.4. The fraction of sp³-hybridized carbons (Fsp3) is 1.00. The number of hydrogen-bond donors (Lipinski definition) is 0. The lowest BCUT2D eigenvalue weighted by Crippen LogP contribution is -2.15. The highest BCUT2D eigenvalue weighted by Gasteiger charge is 1.98. The van der Waals surface area contributed by atoms with Crippen LogP contribution in [0.4, 0.5) is 0 Å². The van der Waals surface area contributed by atoms with E-state index in [1.165, 1.54) is 0 Å². The molecule has 0 spiro atoms. The van der Waals surface area contributed by atoms with Gasteiger partial charge in [-0.25, -0.2) is 0 Å². The molecule has 0 saturated heterocycles. The molecule has 0 fully saturated rings. The van der Waals surface area contributed by atoms with Crippen molar-refractivity contribution in [3.05, 3.63) is 0 Å². The second kappa shape index (κ2) is 27.9. The first-order chi connectivity index (χ1) is 16.2. The fourth-order valence-corrected chi connectivity index (χ4v) is 2.28. The fourth-order valence-electron chi connectivity index (χ4n) is 2.28. The summed E-state index contributed by atoms with van der Waals surface area (Å²) in [6.07, 6.45) is 1.38. The zero-order valence-corrected chi connectivity index (χ0v) is 21.6. The molecule has 0 aliphatic carbocycles. The molecule has 0 saturated carbocycles. The summed E-state index contributed by atoms with van der Waals surface area (Å²) in [5.41, 5.74) is 0. The summed E-state index contributed by atoms with van der Waals surface area (Å²) in [5.74, 6) is 0.606. The molecule has 0 bridgehead atoms. The van der Waals surface area contributed by atoms with Gasteiger partial charge in [-0.1, -0.05) is 20.3 Å². The van der Waals surface area contributed by atoms with Crippen LogP contribution in [0, 0.1) is 5.92 Å². The Morgan fingerprint density at radius 1 is 0.394 bits per heavy atom. The molecule has 9 nitrogen and oxygen atoms in total. The smallest absolute Gasteiger partial charge is 0.0703 e. The summed E-state index contributed by atoms with van der Waals surface area (Å²) in [4.78, 5) is 0. The van der Waals surface area contributed by atoms with Crippen LogP contribution in [0.2, 0.25) is 0 Å². The molecule has 0 radical (unpaired) electrons.